The highest BCUT2D eigenvalue weighted by Gasteiger charge is 2.18. The van der Waals surface area contributed by atoms with Crippen LogP contribution in [0.25, 0.3) is 0 Å². The Hall–Kier alpha value is -2.83. The van der Waals surface area contributed by atoms with Gasteiger partial charge in [-0.15, -0.1) is 0 Å². The fourth-order valence-corrected chi connectivity index (χ4v) is 2.72. The molecule has 1 aliphatic carbocycles. The van der Waals surface area contributed by atoms with E-state index in [4.69, 9.17) is 4.74 Å². The van der Waals surface area contributed by atoms with E-state index in [0.29, 0.717) is 11.6 Å². The molecule has 2 aromatic carbocycles. The van der Waals surface area contributed by atoms with Crippen LogP contribution in [0, 0.1) is 17.5 Å². The molecule has 0 aliphatic heterocycles. The number of hydrogen-bond donors (Lipinski definition) is 1. The second-order valence-corrected chi connectivity index (χ2v) is 5.68. The van der Waals surface area contributed by atoms with Crippen molar-refractivity contribution in [3.8, 4) is 0 Å². The maximum atomic E-state index is 13.5. The third-order valence-electron chi connectivity index (χ3n) is 3.98. The molecular weight excluding hydrogens is 335 g/mol. The number of aryl methyl sites for hydroxylation is 2. The topological polar surface area (TPSA) is 55.4 Å². The molecule has 1 aliphatic rings. The fourth-order valence-electron chi connectivity index (χ4n) is 2.72. The molecule has 1 N–H and O–H groups in total. The summed E-state index contributed by atoms with van der Waals surface area (Å²) < 4.78 is 44.3. The smallest absolute Gasteiger partial charge is 0.338 e. The lowest BCUT2D eigenvalue weighted by Gasteiger charge is -2.09. The van der Waals surface area contributed by atoms with Gasteiger partial charge in [0.05, 0.1) is 11.3 Å². The van der Waals surface area contributed by atoms with Gasteiger partial charge in [0.2, 0.25) is 0 Å². The molecule has 0 heterocycles. The molecule has 0 saturated heterocycles. The third kappa shape index (κ3) is 3.65. The Morgan fingerprint density at radius 2 is 1.76 bits per heavy atom. The first-order valence-corrected chi connectivity index (χ1v) is 7.68. The lowest BCUT2D eigenvalue weighted by molar-refractivity contribution is -0.119. The van der Waals surface area contributed by atoms with Gasteiger partial charge >= 0.3 is 5.97 Å². The number of esters is 1. The Bertz CT molecular complexity index is 852. The number of nitrogens with one attached hydrogen (secondary N) is 1. The normalized spacial score (nSPS) is 12.6. The molecule has 2 aromatic rings. The van der Waals surface area contributed by atoms with Gasteiger partial charge in [0, 0.05) is 0 Å². The Kier molecular flexibility index (Phi) is 4.74. The van der Waals surface area contributed by atoms with Crippen LogP contribution < -0.4 is 5.32 Å². The number of benzene rings is 2. The van der Waals surface area contributed by atoms with Crippen molar-refractivity contribution in [1.29, 1.82) is 0 Å². The standard InChI is InChI=1S/C18H14F3NO3/c19-13-6-7-14(17(21)16(13)20)22-15(23)9-25-18(24)12-5-4-10-2-1-3-11(10)8-12/h4-8H,1-3,9H2,(H,22,23). The minimum absolute atomic E-state index is 0.326. The number of hydrogen-bond acceptors (Lipinski definition) is 3. The fraction of sp³-hybridized carbons (Fsp3) is 0.222. The van der Waals surface area contributed by atoms with E-state index in [1.807, 2.05) is 11.4 Å². The molecule has 0 unspecified atom stereocenters. The molecule has 0 saturated carbocycles. The highest BCUT2D eigenvalue weighted by Crippen LogP contribution is 2.23. The molecular formula is C18H14F3NO3. The van der Waals surface area contributed by atoms with E-state index in [1.54, 1.807) is 12.1 Å². The van der Waals surface area contributed by atoms with Crippen molar-refractivity contribution >= 4 is 17.6 Å². The highest BCUT2D eigenvalue weighted by atomic mass is 19.2. The molecule has 130 valence electrons. The van der Waals surface area contributed by atoms with E-state index >= 15 is 0 Å². The number of carbonyl (C=O) groups is 2. The van der Waals surface area contributed by atoms with Gasteiger partial charge in [-0.1, -0.05) is 6.07 Å². The maximum absolute atomic E-state index is 13.5. The first kappa shape index (κ1) is 17.0. The Labute approximate surface area is 141 Å². The minimum Gasteiger partial charge on any atom is -0.452 e. The summed E-state index contributed by atoms with van der Waals surface area (Å²) in [5, 5.41) is 2.03. The molecule has 0 aromatic heterocycles. The lowest BCUT2D eigenvalue weighted by atomic mass is 10.1. The number of fused-ring (bicyclic) bond motifs is 1. The zero-order chi connectivity index (χ0) is 18.0. The predicted molar refractivity (Wildman–Crippen MR) is 83.7 cm³/mol. The van der Waals surface area contributed by atoms with E-state index in [2.05, 4.69) is 0 Å². The summed E-state index contributed by atoms with van der Waals surface area (Å²) in [5.74, 6) is -6.11. The molecule has 0 spiro atoms. The second kappa shape index (κ2) is 6.96. The predicted octanol–water partition coefficient (Wildman–Crippen LogP) is 3.39. The van der Waals surface area contributed by atoms with Crippen molar-refractivity contribution in [3.05, 3.63) is 64.5 Å². The Balaban J connectivity index is 1.59. The van der Waals surface area contributed by atoms with Crippen LogP contribution in [0.4, 0.5) is 18.9 Å². The molecule has 1 amide bonds. The van der Waals surface area contributed by atoms with Crippen LogP contribution in [-0.4, -0.2) is 18.5 Å². The van der Waals surface area contributed by atoms with Gasteiger partial charge in [0.15, 0.2) is 24.1 Å². The van der Waals surface area contributed by atoms with E-state index < -0.39 is 41.6 Å². The van der Waals surface area contributed by atoms with Gasteiger partial charge in [-0.05, 0) is 54.7 Å². The van der Waals surface area contributed by atoms with E-state index in [1.165, 1.54) is 5.56 Å². The third-order valence-corrected chi connectivity index (χ3v) is 3.98. The Morgan fingerprint density at radius 1 is 1.00 bits per heavy atom. The van der Waals surface area contributed by atoms with Crippen molar-refractivity contribution < 1.29 is 27.5 Å². The van der Waals surface area contributed by atoms with Crippen molar-refractivity contribution in [3.63, 3.8) is 0 Å². The molecule has 4 nitrogen and oxygen atoms in total. The van der Waals surface area contributed by atoms with Gasteiger partial charge in [0.1, 0.15) is 0 Å². The second-order valence-electron chi connectivity index (χ2n) is 5.68. The van der Waals surface area contributed by atoms with Crippen LogP contribution in [0.2, 0.25) is 0 Å². The van der Waals surface area contributed by atoms with Gasteiger partial charge < -0.3 is 10.1 Å². The van der Waals surface area contributed by atoms with Crippen LogP contribution in [0.5, 0.6) is 0 Å². The van der Waals surface area contributed by atoms with Crippen molar-refractivity contribution in [1.82, 2.24) is 0 Å². The molecule has 3 rings (SSSR count). The van der Waals surface area contributed by atoms with Crippen LogP contribution in [0.3, 0.4) is 0 Å². The number of rotatable bonds is 4. The van der Waals surface area contributed by atoms with Gasteiger partial charge in [-0.25, -0.2) is 18.0 Å². The molecule has 0 atom stereocenters. The van der Waals surface area contributed by atoms with Crippen molar-refractivity contribution in [2.45, 2.75) is 19.3 Å². The molecule has 7 heteroatoms. The average molecular weight is 349 g/mol. The van der Waals surface area contributed by atoms with Gasteiger partial charge in [0.25, 0.3) is 5.91 Å². The molecule has 25 heavy (non-hydrogen) atoms. The minimum atomic E-state index is -1.69. The Morgan fingerprint density at radius 3 is 2.56 bits per heavy atom. The van der Waals surface area contributed by atoms with Crippen LogP contribution >= 0.6 is 0 Å². The first-order valence-electron chi connectivity index (χ1n) is 7.68. The molecule has 0 bridgehead atoms. The van der Waals surface area contributed by atoms with Gasteiger partial charge in [-0.2, -0.15) is 0 Å². The van der Waals surface area contributed by atoms with Gasteiger partial charge in [-0.3, -0.25) is 4.79 Å². The van der Waals surface area contributed by atoms with E-state index in [0.717, 1.165) is 30.9 Å². The highest BCUT2D eigenvalue weighted by molar-refractivity contribution is 5.95. The monoisotopic (exact) mass is 349 g/mol. The van der Waals surface area contributed by atoms with E-state index in [9.17, 15) is 22.8 Å². The summed E-state index contributed by atoms with van der Waals surface area (Å²) in [6, 6.07) is 6.78. The summed E-state index contributed by atoms with van der Waals surface area (Å²) in [5.41, 5.74) is 2.08. The van der Waals surface area contributed by atoms with E-state index in [-0.39, 0.29) is 0 Å². The molecule has 0 fully saturated rings. The summed E-state index contributed by atoms with van der Waals surface area (Å²) >= 11 is 0. The lowest BCUT2D eigenvalue weighted by Crippen LogP contribution is -2.21. The quantitative estimate of drug-likeness (QED) is 0.680. The summed E-state index contributed by atoms with van der Waals surface area (Å²) in [7, 11) is 0. The zero-order valence-electron chi connectivity index (χ0n) is 13.1. The number of halogens is 3. The molecule has 0 radical (unpaired) electrons. The summed E-state index contributed by atoms with van der Waals surface area (Å²) in [6.45, 7) is -0.672. The van der Waals surface area contributed by atoms with Crippen molar-refractivity contribution in [2.24, 2.45) is 0 Å². The largest absolute Gasteiger partial charge is 0.452 e. The number of amides is 1. The van der Waals surface area contributed by atoms with Crippen molar-refractivity contribution in [2.75, 3.05) is 11.9 Å². The van der Waals surface area contributed by atoms with Crippen LogP contribution in [-0.2, 0) is 22.4 Å². The SMILES string of the molecule is O=C(COC(=O)c1ccc2c(c1)CCC2)Nc1ccc(F)c(F)c1F. The first-order chi connectivity index (χ1) is 12.0. The average Bonchev–Trinajstić information content (AvgIpc) is 3.08. The summed E-state index contributed by atoms with van der Waals surface area (Å²) in [6.07, 6.45) is 2.91. The number of carbonyl (C=O) groups excluding carboxylic acids is 2. The zero-order valence-corrected chi connectivity index (χ0v) is 13.1. The number of anilines is 1. The maximum Gasteiger partial charge on any atom is 0.338 e. The van der Waals surface area contributed by atoms with Crippen LogP contribution in [0.15, 0.2) is 30.3 Å². The summed E-state index contributed by atoms with van der Waals surface area (Å²) in [4.78, 5) is 23.7. The number of ether oxygens (including phenoxy) is 1. The van der Waals surface area contributed by atoms with Crippen LogP contribution in [0.1, 0.15) is 27.9 Å².